The molecule has 1 aliphatic heterocycles. The van der Waals surface area contributed by atoms with Crippen molar-refractivity contribution in [2.24, 2.45) is 0 Å². The largest absolute Gasteiger partial charge is 0.496 e. The summed E-state index contributed by atoms with van der Waals surface area (Å²) in [6.07, 6.45) is -6.83. The molecule has 0 bridgehead atoms. The highest BCUT2D eigenvalue weighted by Crippen LogP contribution is 2.40. The number of ether oxygens (including phenoxy) is 2. The predicted octanol–water partition coefficient (Wildman–Crippen LogP) is 3.31. The quantitative estimate of drug-likeness (QED) is 0.811. The van der Waals surface area contributed by atoms with Gasteiger partial charge in [0.05, 0.1) is 32.0 Å². The summed E-state index contributed by atoms with van der Waals surface area (Å²) in [6.45, 7) is 0.393. The monoisotopic (exact) mass is 397 g/mol. The number of hydrogen-bond donors (Lipinski definition) is 2. The molecule has 0 spiro atoms. The van der Waals surface area contributed by atoms with Crippen molar-refractivity contribution in [1.29, 1.82) is 0 Å². The first-order chi connectivity index (χ1) is 13.3. The first kappa shape index (κ1) is 20.4. The number of hydrogen-bond acceptors (Lipinski definition) is 5. The van der Waals surface area contributed by atoms with Crippen molar-refractivity contribution in [1.82, 2.24) is 4.90 Å². The Labute approximate surface area is 160 Å². The smallest absolute Gasteiger partial charge is 0.416 e. The summed E-state index contributed by atoms with van der Waals surface area (Å²) < 4.78 is 50.4. The minimum atomic E-state index is -4.55. The average Bonchev–Trinajstić information content (AvgIpc) is 2.66. The summed E-state index contributed by atoms with van der Waals surface area (Å²) in [5.74, 6) is 1.07. The van der Waals surface area contributed by atoms with Crippen LogP contribution in [0.15, 0.2) is 36.4 Å². The Hall–Kier alpha value is -2.29. The third-order valence-electron chi connectivity index (χ3n) is 4.92. The van der Waals surface area contributed by atoms with Crippen molar-refractivity contribution in [3.05, 3.63) is 58.7 Å². The zero-order valence-corrected chi connectivity index (χ0v) is 15.5. The number of nitrogens with zero attached hydrogens (tertiary/aromatic N) is 1. The van der Waals surface area contributed by atoms with E-state index in [4.69, 9.17) is 9.47 Å². The average molecular weight is 397 g/mol. The number of aliphatic hydroxyl groups is 2. The number of benzene rings is 2. The van der Waals surface area contributed by atoms with Gasteiger partial charge in [0.15, 0.2) is 0 Å². The fraction of sp³-hybridized carbons (Fsp3) is 0.400. The molecule has 2 aromatic rings. The van der Waals surface area contributed by atoms with Crippen LogP contribution in [0.5, 0.6) is 11.5 Å². The zero-order valence-electron chi connectivity index (χ0n) is 15.5. The molecule has 0 aromatic heterocycles. The van der Waals surface area contributed by atoms with Gasteiger partial charge >= 0.3 is 6.18 Å². The fourth-order valence-electron chi connectivity index (χ4n) is 3.67. The number of halogens is 3. The van der Waals surface area contributed by atoms with Crippen molar-refractivity contribution in [3.63, 3.8) is 0 Å². The van der Waals surface area contributed by atoms with Gasteiger partial charge in [0.25, 0.3) is 0 Å². The van der Waals surface area contributed by atoms with Crippen molar-refractivity contribution < 1.29 is 32.9 Å². The molecule has 1 heterocycles. The summed E-state index contributed by atoms with van der Waals surface area (Å²) in [6, 6.07) is 8.38. The maximum absolute atomic E-state index is 13.2. The van der Waals surface area contributed by atoms with E-state index in [1.165, 1.54) is 32.4 Å². The molecule has 2 aromatic carbocycles. The summed E-state index contributed by atoms with van der Waals surface area (Å²) in [5, 5.41) is 21.1. The fourth-order valence-corrected chi connectivity index (χ4v) is 3.67. The molecule has 0 saturated carbocycles. The number of rotatable bonds is 5. The van der Waals surface area contributed by atoms with Crippen LogP contribution in [0.4, 0.5) is 13.2 Å². The van der Waals surface area contributed by atoms with E-state index in [1.807, 2.05) is 0 Å². The molecule has 0 amide bonds. The lowest BCUT2D eigenvalue weighted by atomic mass is 9.94. The molecule has 0 unspecified atom stereocenters. The Morgan fingerprint density at radius 2 is 1.75 bits per heavy atom. The van der Waals surface area contributed by atoms with Gasteiger partial charge in [0.2, 0.25) is 0 Å². The molecule has 0 radical (unpaired) electrons. The second-order valence-electron chi connectivity index (χ2n) is 6.67. The van der Waals surface area contributed by atoms with Gasteiger partial charge in [0.1, 0.15) is 11.5 Å². The number of β-amino-alcohol motifs (C(OH)–C–C–N with tert-alkyl or cyclic N) is 2. The second-order valence-corrected chi connectivity index (χ2v) is 6.67. The summed E-state index contributed by atoms with van der Waals surface area (Å²) >= 11 is 0. The van der Waals surface area contributed by atoms with E-state index < -0.39 is 23.9 Å². The normalized spacial score (nSPS) is 18.5. The van der Waals surface area contributed by atoms with Crippen LogP contribution in [-0.4, -0.2) is 42.4 Å². The van der Waals surface area contributed by atoms with Gasteiger partial charge in [-0.05, 0) is 23.8 Å². The van der Waals surface area contributed by atoms with Gasteiger partial charge in [-0.1, -0.05) is 18.2 Å². The lowest BCUT2D eigenvalue weighted by molar-refractivity contribution is -0.139. The number of aliphatic hydroxyl groups excluding tert-OH is 2. The van der Waals surface area contributed by atoms with Crippen LogP contribution in [-0.2, 0) is 12.7 Å². The van der Waals surface area contributed by atoms with Gasteiger partial charge in [0, 0.05) is 30.8 Å². The molecule has 0 aliphatic carbocycles. The molecular weight excluding hydrogens is 375 g/mol. The van der Waals surface area contributed by atoms with Gasteiger partial charge in [-0.2, -0.15) is 13.2 Å². The lowest BCUT2D eigenvalue weighted by Crippen LogP contribution is -2.37. The van der Waals surface area contributed by atoms with Crippen molar-refractivity contribution in [3.8, 4) is 11.5 Å². The van der Waals surface area contributed by atoms with Crippen LogP contribution in [0.1, 0.15) is 34.5 Å². The second kappa shape index (κ2) is 7.98. The maximum Gasteiger partial charge on any atom is 0.416 e. The van der Waals surface area contributed by atoms with Crippen LogP contribution < -0.4 is 9.47 Å². The van der Waals surface area contributed by atoms with Crippen LogP contribution >= 0.6 is 0 Å². The Kier molecular flexibility index (Phi) is 5.83. The molecule has 0 fully saturated rings. The van der Waals surface area contributed by atoms with E-state index in [9.17, 15) is 23.4 Å². The molecule has 1 aliphatic rings. The summed E-state index contributed by atoms with van der Waals surface area (Å²) in [7, 11) is 3.00. The molecule has 152 valence electrons. The SMILES string of the molecule is COc1ccc(OC)c2c1CN(C[C@H](O)c1ccccc1C(F)(F)F)C[C@H]2O. The third-order valence-corrected chi connectivity index (χ3v) is 4.92. The predicted molar refractivity (Wildman–Crippen MR) is 96.2 cm³/mol. The van der Waals surface area contributed by atoms with Gasteiger partial charge < -0.3 is 19.7 Å². The van der Waals surface area contributed by atoms with Crippen LogP contribution in [0.3, 0.4) is 0 Å². The van der Waals surface area contributed by atoms with Crippen LogP contribution in [0.2, 0.25) is 0 Å². The minimum absolute atomic E-state index is 0.0655. The van der Waals surface area contributed by atoms with E-state index in [0.717, 1.165) is 6.07 Å². The highest BCUT2D eigenvalue weighted by atomic mass is 19.4. The number of fused-ring (bicyclic) bond motifs is 1. The molecule has 8 heteroatoms. The minimum Gasteiger partial charge on any atom is -0.496 e. The first-order valence-electron chi connectivity index (χ1n) is 8.74. The first-order valence-corrected chi connectivity index (χ1v) is 8.74. The van der Waals surface area contributed by atoms with Crippen molar-refractivity contribution in [2.45, 2.75) is 24.9 Å². The van der Waals surface area contributed by atoms with E-state index in [-0.39, 0.29) is 18.7 Å². The molecule has 28 heavy (non-hydrogen) atoms. The van der Waals surface area contributed by atoms with E-state index in [0.29, 0.717) is 29.2 Å². The summed E-state index contributed by atoms with van der Waals surface area (Å²) in [4.78, 5) is 1.70. The lowest BCUT2D eigenvalue weighted by Gasteiger charge is -2.35. The van der Waals surface area contributed by atoms with Gasteiger partial charge in [-0.15, -0.1) is 0 Å². The number of methoxy groups -OCH3 is 2. The van der Waals surface area contributed by atoms with Crippen LogP contribution in [0, 0.1) is 0 Å². The Morgan fingerprint density at radius 1 is 1.11 bits per heavy atom. The van der Waals surface area contributed by atoms with Crippen molar-refractivity contribution in [2.75, 3.05) is 27.3 Å². The van der Waals surface area contributed by atoms with Gasteiger partial charge in [-0.25, -0.2) is 0 Å². The Morgan fingerprint density at radius 3 is 2.39 bits per heavy atom. The molecule has 5 nitrogen and oxygen atoms in total. The molecule has 0 saturated heterocycles. The standard InChI is InChI=1S/C20H22F3NO4/c1-27-17-7-8-18(28-2)19-13(17)9-24(11-16(19)26)10-15(25)12-5-3-4-6-14(12)20(21,22)23/h3-8,15-16,25-26H,9-11H2,1-2H3/t15-,16+/m0/s1. The van der Waals surface area contributed by atoms with E-state index >= 15 is 0 Å². The van der Waals surface area contributed by atoms with Crippen molar-refractivity contribution >= 4 is 0 Å². The highest BCUT2D eigenvalue weighted by Gasteiger charge is 2.36. The van der Waals surface area contributed by atoms with E-state index in [2.05, 4.69) is 0 Å². The highest BCUT2D eigenvalue weighted by molar-refractivity contribution is 5.51. The Bertz CT molecular complexity index is 841. The van der Waals surface area contributed by atoms with Crippen LogP contribution in [0.25, 0.3) is 0 Å². The topological polar surface area (TPSA) is 62.2 Å². The number of alkyl halides is 3. The molecular formula is C20H22F3NO4. The summed E-state index contributed by atoms with van der Waals surface area (Å²) in [5.41, 5.74) is 0.243. The Balaban J connectivity index is 1.87. The zero-order chi connectivity index (χ0) is 20.5. The molecule has 2 N–H and O–H groups in total. The molecule has 2 atom stereocenters. The third kappa shape index (κ3) is 3.94. The van der Waals surface area contributed by atoms with Gasteiger partial charge in [-0.3, -0.25) is 4.90 Å². The molecule has 3 rings (SSSR count). The van der Waals surface area contributed by atoms with E-state index in [1.54, 1.807) is 17.0 Å². The maximum atomic E-state index is 13.2.